The number of hydrogen-bond acceptors (Lipinski definition) is 2. The Kier molecular flexibility index (Phi) is 4.16. The molecule has 1 aliphatic rings. The summed E-state index contributed by atoms with van der Waals surface area (Å²) in [5.41, 5.74) is 2.31. The highest BCUT2D eigenvalue weighted by Crippen LogP contribution is 2.37. The maximum atomic E-state index is 4.79. The van der Waals surface area contributed by atoms with Crippen LogP contribution in [-0.2, 0) is 0 Å². The fourth-order valence-electron chi connectivity index (χ4n) is 2.81. The highest BCUT2D eigenvalue weighted by molar-refractivity contribution is 5.30. The SMILES string of the molecule is CCCNC(c1ccn(-c2ccccc2)n1)C1CCC1. The molecular formula is C17H23N3. The molecule has 0 aliphatic heterocycles. The summed E-state index contributed by atoms with van der Waals surface area (Å²) in [6.07, 6.45) is 7.28. The van der Waals surface area contributed by atoms with Crippen molar-refractivity contribution < 1.29 is 0 Å². The second kappa shape index (κ2) is 6.23. The van der Waals surface area contributed by atoms with Gasteiger partial charge in [-0.05, 0) is 49.9 Å². The molecule has 1 fully saturated rings. The fourth-order valence-corrected chi connectivity index (χ4v) is 2.81. The summed E-state index contributed by atoms with van der Waals surface area (Å²) in [5, 5.41) is 8.47. The molecular weight excluding hydrogens is 246 g/mol. The van der Waals surface area contributed by atoms with E-state index in [0.29, 0.717) is 6.04 Å². The molecule has 2 aromatic rings. The van der Waals surface area contributed by atoms with E-state index in [0.717, 1.165) is 18.2 Å². The number of nitrogens with zero attached hydrogens (tertiary/aromatic N) is 2. The third-order valence-corrected chi connectivity index (χ3v) is 4.18. The zero-order chi connectivity index (χ0) is 13.8. The van der Waals surface area contributed by atoms with Crippen molar-refractivity contribution in [3.05, 3.63) is 48.3 Å². The summed E-state index contributed by atoms with van der Waals surface area (Å²) in [5.74, 6) is 0.765. The van der Waals surface area contributed by atoms with Gasteiger partial charge in [0.15, 0.2) is 0 Å². The highest BCUT2D eigenvalue weighted by Gasteiger charge is 2.29. The van der Waals surface area contributed by atoms with Crippen molar-refractivity contribution in [2.24, 2.45) is 5.92 Å². The Bertz CT molecular complexity index is 528. The maximum Gasteiger partial charge on any atom is 0.0801 e. The first-order valence-electron chi connectivity index (χ1n) is 7.73. The maximum absolute atomic E-state index is 4.79. The standard InChI is InChI=1S/C17H23N3/c1-2-12-18-17(14-7-6-8-14)16-11-13-20(19-16)15-9-4-3-5-10-15/h3-5,9-11,13-14,17-18H,2,6-8,12H2,1H3. The Morgan fingerprint density at radius 3 is 2.70 bits per heavy atom. The van der Waals surface area contributed by atoms with E-state index in [9.17, 15) is 0 Å². The summed E-state index contributed by atoms with van der Waals surface area (Å²) in [6.45, 7) is 3.28. The Hall–Kier alpha value is -1.61. The van der Waals surface area contributed by atoms with Crippen LogP contribution in [0, 0.1) is 5.92 Å². The number of hydrogen-bond donors (Lipinski definition) is 1. The number of nitrogens with one attached hydrogen (secondary N) is 1. The molecule has 0 saturated heterocycles. The molecule has 0 radical (unpaired) electrons. The van der Waals surface area contributed by atoms with Crippen molar-refractivity contribution >= 4 is 0 Å². The van der Waals surface area contributed by atoms with Crippen LogP contribution in [0.25, 0.3) is 5.69 Å². The van der Waals surface area contributed by atoms with Crippen LogP contribution in [0.2, 0.25) is 0 Å². The summed E-state index contributed by atoms with van der Waals surface area (Å²) >= 11 is 0. The van der Waals surface area contributed by atoms with Gasteiger partial charge >= 0.3 is 0 Å². The van der Waals surface area contributed by atoms with Gasteiger partial charge in [0.05, 0.1) is 17.4 Å². The van der Waals surface area contributed by atoms with Crippen LogP contribution < -0.4 is 5.32 Å². The summed E-state index contributed by atoms with van der Waals surface area (Å²) in [7, 11) is 0. The molecule has 3 heteroatoms. The van der Waals surface area contributed by atoms with Gasteiger partial charge in [-0.2, -0.15) is 5.10 Å². The molecule has 1 atom stereocenters. The predicted octanol–water partition coefficient (Wildman–Crippen LogP) is 3.71. The van der Waals surface area contributed by atoms with Crippen LogP contribution in [-0.4, -0.2) is 16.3 Å². The first-order valence-corrected chi connectivity index (χ1v) is 7.73. The van der Waals surface area contributed by atoms with Crippen molar-refractivity contribution in [1.29, 1.82) is 0 Å². The van der Waals surface area contributed by atoms with Crippen LogP contribution in [0.15, 0.2) is 42.6 Å². The van der Waals surface area contributed by atoms with E-state index in [2.05, 4.69) is 48.8 Å². The highest BCUT2D eigenvalue weighted by atomic mass is 15.3. The van der Waals surface area contributed by atoms with E-state index in [1.807, 2.05) is 10.7 Å². The van der Waals surface area contributed by atoms with Gasteiger partial charge in [0.25, 0.3) is 0 Å². The van der Waals surface area contributed by atoms with E-state index < -0.39 is 0 Å². The van der Waals surface area contributed by atoms with E-state index in [1.165, 1.54) is 31.4 Å². The van der Waals surface area contributed by atoms with Crippen molar-refractivity contribution in [2.75, 3.05) is 6.54 Å². The summed E-state index contributed by atoms with van der Waals surface area (Å²) in [4.78, 5) is 0. The summed E-state index contributed by atoms with van der Waals surface area (Å²) in [6, 6.07) is 12.9. The first kappa shape index (κ1) is 13.4. The molecule has 1 heterocycles. The third kappa shape index (κ3) is 2.78. The second-order valence-electron chi connectivity index (χ2n) is 5.64. The minimum Gasteiger partial charge on any atom is -0.308 e. The topological polar surface area (TPSA) is 29.9 Å². The molecule has 1 saturated carbocycles. The van der Waals surface area contributed by atoms with E-state index in [1.54, 1.807) is 0 Å². The molecule has 0 amide bonds. The normalized spacial score (nSPS) is 16.9. The average Bonchev–Trinajstić information content (AvgIpc) is 2.92. The van der Waals surface area contributed by atoms with E-state index in [-0.39, 0.29) is 0 Å². The number of benzene rings is 1. The fraction of sp³-hybridized carbons (Fsp3) is 0.471. The van der Waals surface area contributed by atoms with Crippen molar-refractivity contribution in [2.45, 2.75) is 38.6 Å². The monoisotopic (exact) mass is 269 g/mol. The Morgan fingerprint density at radius 1 is 1.25 bits per heavy atom. The number of aromatic nitrogens is 2. The molecule has 1 aromatic carbocycles. The molecule has 0 bridgehead atoms. The Morgan fingerprint density at radius 2 is 2.05 bits per heavy atom. The van der Waals surface area contributed by atoms with E-state index >= 15 is 0 Å². The van der Waals surface area contributed by atoms with Gasteiger partial charge in [-0.1, -0.05) is 31.5 Å². The lowest BCUT2D eigenvalue weighted by Gasteiger charge is -2.33. The van der Waals surface area contributed by atoms with Gasteiger partial charge in [-0.15, -0.1) is 0 Å². The molecule has 0 spiro atoms. The number of para-hydroxylation sites is 1. The van der Waals surface area contributed by atoms with Crippen LogP contribution >= 0.6 is 0 Å². The lowest BCUT2D eigenvalue weighted by Crippen LogP contribution is -2.33. The van der Waals surface area contributed by atoms with Crippen molar-refractivity contribution in [3.63, 3.8) is 0 Å². The van der Waals surface area contributed by atoms with Crippen LogP contribution in [0.5, 0.6) is 0 Å². The zero-order valence-corrected chi connectivity index (χ0v) is 12.1. The minimum absolute atomic E-state index is 0.425. The molecule has 3 rings (SSSR count). The second-order valence-corrected chi connectivity index (χ2v) is 5.64. The number of rotatable bonds is 6. The molecule has 1 unspecified atom stereocenters. The quantitative estimate of drug-likeness (QED) is 0.866. The largest absolute Gasteiger partial charge is 0.308 e. The first-order chi connectivity index (χ1) is 9.88. The third-order valence-electron chi connectivity index (χ3n) is 4.18. The molecule has 1 aromatic heterocycles. The van der Waals surface area contributed by atoms with E-state index in [4.69, 9.17) is 5.10 Å². The zero-order valence-electron chi connectivity index (χ0n) is 12.1. The van der Waals surface area contributed by atoms with Crippen LogP contribution in [0.3, 0.4) is 0 Å². The van der Waals surface area contributed by atoms with Gasteiger partial charge in [-0.3, -0.25) is 0 Å². The van der Waals surface area contributed by atoms with Gasteiger partial charge in [0, 0.05) is 6.20 Å². The van der Waals surface area contributed by atoms with Gasteiger partial charge in [0.2, 0.25) is 0 Å². The van der Waals surface area contributed by atoms with Gasteiger partial charge in [-0.25, -0.2) is 4.68 Å². The van der Waals surface area contributed by atoms with Crippen LogP contribution in [0.1, 0.15) is 44.3 Å². The average molecular weight is 269 g/mol. The molecule has 20 heavy (non-hydrogen) atoms. The molecule has 1 N–H and O–H groups in total. The van der Waals surface area contributed by atoms with Crippen molar-refractivity contribution in [1.82, 2.24) is 15.1 Å². The van der Waals surface area contributed by atoms with Crippen LogP contribution in [0.4, 0.5) is 0 Å². The van der Waals surface area contributed by atoms with Crippen molar-refractivity contribution in [3.8, 4) is 5.69 Å². The lowest BCUT2D eigenvalue weighted by atomic mass is 9.78. The molecule has 3 nitrogen and oxygen atoms in total. The molecule has 106 valence electrons. The Balaban J connectivity index is 1.79. The van der Waals surface area contributed by atoms with Gasteiger partial charge < -0.3 is 5.32 Å². The lowest BCUT2D eigenvalue weighted by molar-refractivity contribution is 0.227. The Labute approximate surface area is 121 Å². The smallest absolute Gasteiger partial charge is 0.0801 e. The predicted molar refractivity (Wildman–Crippen MR) is 81.9 cm³/mol. The summed E-state index contributed by atoms with van der Waals surface area (Å²) < 4.78 is 1.98. The minimum atomic E-state index is 0.425. The molecule has 1 aliphatic carbocycles. The van der Waals surface area contributed by atoms with Gasteiger partial charge in [0.1, 0.15) is 0 Å².